The molecule has 1 aliphatic carbocycles. The van der Waals surface area contributed by atoms with Crippen molar-refractivity contribution in [3.8, 4) is 0 Å². The Morgan fingerprint density at radius 3 is 2.09 bits per heavy atom. The van der Waals surface area contributed by atoms with Gasteiger partial charge in [0.1, 0.15) is 0 Å². The van der Waals surface area contributed by atoms with Crippen molar-refractivity contribution < 1.29 is 21.6 Å². The third-order valence-corrected chi connectivity index (χ3v) is 7.84. The van der Waals surface area contributed by atoms with Crippen LogP contribution in [0.25, 0.3) is 0 Å². The first-order valence-corrected chi connectivity index (χ1v) is 15.2. The number of likely N-dealkylation sites (tertiary alicyclic amines) is 1. The number of benzene rings is 2. The summed E-state index contributed by atoms with van der Waals surface area (Å²) in [7, 11) is -6.65. The molecule has 4 rings (SSSR count). The molecule has 0 amide bonds. The highest BCUT2D eigenvalue weighted by Gasteiger charge is 2.37. The van der Waals surface area contributed by atoms with Crippen LogP contribution in [0.2, 0.25) is 0 Å². The lowest BCUT2D eigenvalue weighted by atomic mass is 9.82. The van der Waals surface area contributed by atoms with E-state index in [0.29, 0.717) is 22.9 Å². The zero-order chi connectivity index (χ0) is 24.5. The summed E-state index contributed by atoms with van der Waals surface area (Å²) in [6.45, 7) is 2.81. The van der Waals surface area contributed by atoms with Crippen molar-refractivity contribution in [3.63, 3.8) is 0 Å². The molecule has 1 atom stereocenters. The predicted octanol–water partition coefficient (Wildman–Crippen LogP) is 2.74. The maximum absolute atomic E-state index is 13.1. The van der Waals surface area contributed by atoms with Crippen LogP contribution in [0.4, 0.5) is 11.4 Å². The first kappa shape index (κ1) is 24.7. The molecule has 8 nitrogen and oxygen atoms in total. The number of carbonyl (C=O) groups excluding carboxylic acids is 1. The van der Waals surface area contributed by atoms with E-state index in [1.807, 2.05) is 18.2 Å². The maximum atomic E-state index is 13.1. The molecule has 0 bridgehead atoms. The van der Waals surface area contributed by atoms with Gasteiger partial charge in [0.2, 0.25) is 20.0 Å². The van der Waals surface area contributed by atoms with Crippen molar-refractivity contribution in [2.24, 2.45) is 11.8 Å². The van der Waals surface area contributed by atoms with Gasteiger partial charge in [-0.3, -0.25) is 14.2 Å². The smallest absolute Gasteiger partial charge is 0.229 e. The number of anilines is 2. The van der Waals surface area contributed by atoms with Gasteiger partial charge >= 0.3 is 0 Å². The molecule has 2 aromatic carbocycles. The van der Waals surface area contributed by atoms with Crippen molar-refractivity contribution in [3.05, 3.63) is 59.2 Å². The topological polar surface area (TPSA) is 113 Å². The summed E-state index contributed by atoms with van der Waals surface area (Å²) < 4.78 is 50.6. The van der Waals surface area contributed by atoms with E-state index in [9.17, 15) is 21.6 Å². The van der Waals surface area contributed by atoms with Gasteiger partial charge in [-0.15, -0.1) is 0 Å². The fourth-order valence-corrected chi connectivity index (χ4v) is 6.11. The number of sulfonamides is 2. The Balaban J connectivity index is 1.28. The molecule has 0 radical (unpaired) electrons. The number of carbonyl (C=O) groups is 1. The average Bonchev–Trinajstić information content (AvgIpc) is 3.07. The van der Waals surface area contributed by atoms with Crippen molar-refractivity contribution >= 4 is 37.2 Å². The van der Waals surface area contributed by atoms with E-state index in [0.717, 1.165) is 69.0 Å². The molecule has 1 aliphatic heterocycles. The van der Waals surface area contributed by atoms with Gasteiger partial charge in [-0.2, -0.15) is 0 Å². The summed E-state index contributed by atoms with van der Waals surface area (Å²) in [5, 5.41) is 0. The summed E-state index contributed by atoms with van der Waals surface area (Å²) in [5.74, 6) is 0.442. The fourth-order valence-electron chi connectivity index (χ4n) is 4.99. The molecule has 2 aromatic rings. The van der Waals surface area contributed by atoms with E-state index in [1.165, 1.54) is 0 Å². The lowest BCUT2D eigenvalue weighted by Gasteiger charge is -2.34. The molecular weight excluding hydrogens is 474 g/mol. The highest BCUT2D eigenvalue weighted by molar-refractivity contribution is 7.92. The van der Waals surface area contributed by atoms with Crippen LogP contribution in [0.15, 0.2) is 42.5 Å². The van der Waals surface area contributed by atoms with Crippen molar-refractivity contribution in [2.75, 3.05) is 41.6 Å². The zero-order valence-electron chi connectivity index (χ0n) is 19.5. The summed E-state index contributed by atoms with van der Waals surface area (Å²) in [6.07, 6.45) is 5.78. The van der Waals surface area contributed by atoms with Gasteiger partial charge < -0.3 is 4.90 Å². The third kappa shape index (κ3) is 6.37. The lowest BCUT2D eigenvalue weighted by Crippen LogP contribution is -2.38. The van der Waals surface area contributed by atoms with Crippen molar-refractivity contribution in [1.82, 2.24) is 4.90 Å². The van der Waals surface area contributed by atoms with E-state index in [1.54, 1.807) is 24.3 Å². The Morgan fingerprint density at radius 1 is 0.882 bits per heavy atom. The van der Waals surface area contributed by atoms with Crippen LogP contribution in [0.3, 0.4) is 0 Å². The summed E-state index contributed by atoms with van der Waals surface area (Å²) in [6, 6.07) is 12.7. The molecule has 1 saturated heterocycles. The second-order valence-electron chi connectivity index (χ2n) is 9.42. The second-order valence-corrected chi connectivity index (χ2v) is 12.9. The third-order valence-electron chi connectivity index (χ3n) is 6.63. The number of Topliss-reactive ketones (excluding diaryl/α,β-unsaturated/α-hetero) is 1. The Bertz CT molecular complexity index is 1270. The van der Waals surface area contributed by atoms with Crippen molar-refractivity contribution in [2.45, 2.75) is 25.7 Å². The van der Waals surface area contributed by atoms with Crippen LogP contribution < -0.4 is 9.44 Å². The van der Waals surface area contributed by atoms with Gasteiger partial charge in [0.05, 0.1) is 12.5 Å². The standard InChI is InChI=1S/C24H31N3O5S2/c1-33(29,30)25-20-6-3-17(4-7-20)9-12-27-13-10-18(11-14-27)22-15-19-5-8-21(26-34(2,31)32)16-23(19)24(22)28/h3-8,16,18,22,25-26H,9-15H2,1-2H3. The van der Waals surface area contributed by atoms with Gasteiger partial charge in [0.15, 0.2) is 5.78 Å². The molecule has 0 aromatic heterocycles. The second kappa shape index (κ2) is 9.67. The normalized spacial score (nSPS) is 19.7. The molecule has 1 heterocycles. The molecule has 2 N–H and O–H groups in total. The van der Waals surface area contributed by atoms with Crippen LogP contribution in [0.5, 0.6) is 0 Å². The number of ketones is 1. The molecule has 1 unspecified atom stereocenters. The first-order chi connectivity index (χ1) is 16.0. The quantitative estimate of drug-likeness (QED) is 0.571. The van der Waals surface area contributed by atoms with Crippen LogP contribution in [0.1, 0.15) is 34.3 Å². The molecule has 10 heteroatoms. The van der Waals surface area contributed by atoms with Crippen LogP contribution >= 0.6 is 0 Å². The Hall–Kier alpha value is -2.43. The summed E-state index contributed by atoms with van der Waals surface area (Å²) in [4.78, 5) is 15.5. The Labute approximate surface area is 201 Å². The monoisotopic (exact) mass is 505 g/mol. The predicted molar refractivity (Wildman–Crippen MR) is 134 cm³/mol. The van der Waals surface area contributed by atoms with Crippen LogP contribution in [-0.2, 0) is 32.9 Å². The van der Waals surface area contributed by atoms with E-state index in [4.69, 9.17) is 0 Å². The van der Waals surface area contributed by atoms with E-state index in [2.05, 4.69) is 14.3 Å². The largest absolute Gasteiger partial charge is 0.303 e. The highest BCUT2D eigenvalue weighted by Crippen LogP contribution is 2.37. The number of piperidine rings is 1. The number of nitrogens with one attached hydrogen (secondary N) is 2. The number of nitrogens with zero attached hydrogens (tertiary/aromatic N) is 1. The number of rotatable bonds is 8. The molecule has 1 fully saturated rings. The zero-order valence-corrected chi connectivity index (χ0v) is 21.1. The number of hydrogen-bond donors (Lipinski definition) is 2. The van der Waals surface area contributed by atoms with E-state index >= 15 is 0 Å². The van der Waals surface area contributed by atoms with Gasteiger partial charge in [0.25, 0.3) is 0 Å². The fraction of sp³-hybridized carbons (Fsp3) is 0.458. The molecule has 2 aliphatic rings. The van der Waals surface area contributed by atoms with Crippen molar-refractivity contribution in [1.29, 1.82) is 0 Å². The first-order valence-electron chi connectivity index (χ1n) is 11.4. The van der Waals surface area contributed by atoms with E-state index in [-0.39, 0.29) is 11.7 Å². The van der Waals surface area contributed by atoms with Gasteiger partial charge in [-0.05, 0) is 80.1 Å². The maximum Gasteiger partial charge on any atom is 0.229 e. The Kier molecular flexibility index (Phi) is 7.02. The lowest BCUT2D eigenvalue weighted by molar-refractivity contribution is 0.0824. The van der Waals surface area contributed by atoms with Crippen LogP contribution in [0, 0.1) is 11.8 Å². The highest BCUT2D eigenvalue weighted by atomic mass is 32.2. The minimum Gasteiger partial charge on any atom is -0.303 e. The van der Waals surface area contributed by atoms with E-state index < -0.39 is 20.0 Å². The minimum atomic E-state index is -3.38. The van der Waals surface area contributed by atoms with Crippen LogP contribution in [-0.4, -0.2) is 59.7 Å². The van der Waals surface area contributed by atoms with Gasteiger partial charge in [-0.25, -0.2) is 16.8 Å². The Morgan fingerprint density at radius 2 is 1.47 bits per heavy atom. The molecule has 184 valence electrons. The average molecular weight is 506 g/mol. The molecule has 0 saturated carbocycles. The molecule has 34 heavy (non-hydrogen) atoms. The number of fused-ring (bicyclic) bond motifs is 1. The number of hydrogen-bond acceptors (Lipinski definition) is 6. The SMILES string of the molecule is CS(=O)(=O)Nc1ccc(CCN2CCC(C3Cc4ccc(NS(C)(=O)=O)cc4C3=O)CC2)cc1. The minimum absolute atomic E-state index is 0.0273. The van der Waals surface area contributed by atoms with Gasteiger partial charge in [-0.1, -0.05) is 18.2 Å². The summed E-state index contributed by atoms with van der Waals surface area (Å²) >= 11 is 0. The van der Waals surface area contributed by atoms with Gasteiger partial charge in [0, 0.05) is 29.4 Å². The summed E-state index contributed by atoms with van der Waals surface area (Å²) in [5.41, 5.74) is 3.81. The molecular formula is C24H31N3O5S2. The molecule has 0 spiro atoms.